The smallest absolute Gasteiger partial charge is 0.126 e. The number of hydrogen-bond acceptors (Lipinski definition) is 1. The molecule has 0 saturated heterocycles. The molecule has 0 amide bonds. The maximum absolute atomic E-state index is 12.8. The molecule has 1 aromatic carbocycles. The molecule has 0 aliphatic heterocycles. The second-order valence-electron chi connectivity index (χ2n) is 3.02. The van der Waals surface area contributed by atoms with E-state index in [1.54, 1.807) is 13.0 Å². The van der Waals surface area contributed by atoms with Crippen LogP contribution in [0.25, 0.3) is 0 Å². The summed E-state index contributed by atoms with van der Waals surface area (Å²) in [7, 11) is 0. The van der Waals surface area contributed by atoms with Gasteiger partial charge in [-0.1, -0.05) is 19.1 Å². The first-order chi connectivity index (χ1) is 5.65. The Morgan fingerprint density at radius 3 is 2.67 bits per heavy atom. The van der Waals surface area contributed by atoms with E-state index in [1.165, 1.54) is 6.07 Å². The lowest BCUT2D eigenvalue weighted by Crippen LogP contribution is -2.08. The molecule has 12 heavy (non-hydrogen) atoms. The van der Waals surface area contributed by atoms with Gasteiger partial charge in [0.2, 0.25) is 0 Å². The van der Waals surface area contributed by atoms with Crippen LogP contribution < -0.4 is 5.73 Å². The highest BCUT2D eigenvalue weighted by molar-refractivity contribution is 5.26. The van der Waals surface area contributed by atoms with Crippen LogP contribution >= 0.6 is 0 Å². The zero-order valence-electron chi connectivity index (χ0n) is 7.47. The Hall–Kier alpha value is -0.890. The van der Waals surface area contributed by atoms with Gasteiger partial charge >= 0.3 is 0 Å². The molecule has 1 nitrogen and oxygen atoms in total. The lowest BCUT2D eigenvalue weighted by molar-refractivity contribution is 0.614. The van der Waals surface area contributed by atoms with Crippen molar-refractivity contribution in [1.82, 2.24) is 0 Å². The Labute approximate surface area is 72.4 Å². The van der Waals surface area contributed by atoms with Crippen LogP contribution in [0.5, 0.6) is 0 Å². The summed E-state index contributed by atoms with van der Waals surface area (Å²) in [4.78, 5) is 0. The van der Waals surface area contributed by atoms with Gasteiger partial charge in [0.25, 0.3) is 0 Å². The molecule has 66 valence electrons. The van der Waals surface area contributed by atoms with Gasteiger partial charge in [0.05, 0.1) is 0 Å². The third-order valence-electron chi connectivity index (χ3n) is 2.05. The minimum Gasteiger partial charge on any atom is -0.324 e. The molecule has 0 spiro atoms. The van der Waals surface area contributed by atoms with E-state index in [0.717, 1.165) is 12.0 Å². The molecule has 0 radical (unpaired) electrons. The standard InChI is InChI=1S/C10H14FN/c1-3-10(12)8-4-5-9(11)7(2)6-8/h4-6,10H,3,12H2,1-2H3/t10-/m0/s1. The van der Waals surface area contributed by atoms with Crippen molar-refractivity contribution in [3.63, 3.8) is 0 Å². The van der Waals surface area contributed by atoms with Gasteiger partial charge in [-0.25, -0.2) is 4.39 Å². The number of rotatable bonds is 2. The van der Waals surface area contributed by atoms with Crippen LogP contribution in [0.2, 0.25) is 0 Å². The number of nitrogens with two attached hydrogens (primary N) is 1. The number of aryl methyl sites for hydroxylation is 1. The van der Waals surface area contributed by atoms with Gasteiger partial charge in [-0.05, 0) is 30.5 Å². The molecule has 0 fully saturated rings. The first kappa shape index (κ1) is 9.20. The van der Waals surface area contributed by atoms with Crippen LogP contribution in [0.3, 0.4) is 0 Å². The molecule has 0 bridgehead atoms. The van der Waals surface area contributed by atoms with E-state index < -0.39 is 0 Å². The predicted octanol–water partition coefficient (Wildman–Crippen LogP) is 2.54. The molecule has 0 unspecified atom stereocenters. The monoisotopic (exact) mass is 167 g/mol. The normalized spacial score (nSPS) is 13.0. The first-order valence-corrected chi connectivity index (χ1v) is 4.16. The quantitative estimate of drug-likeness (QED) is 0.719. The van der Waals surface area contributed by atoms with E-state index in [2.05, 4.69) is 0 Å². The largest absolute Gasteiger partial charge is 0.324 e. The van der Waals surface area contributed by atoms with Crippen LogP contribution in [0.15, 0.2) is 18.2 Å². The van der Waals surface area contributed by atoms with Crippen molar-refractivity contribution in [1.29, 1.82) is 0 Å². The van der Waals surface area contributed by atoms with Crippen molar-refractivity contribution in [2.45, 2.75) is 26.3 Å². The maximum atomic E-state index is 12.8. The fourth-order valence-corrected chi connectivity index (χ4v) is 1.13. The van der Waals surface area contributed by atoms with E-state index in [0.29, 0.717) is 5.56 Å². The average Bonchev–Trinajstić information content (AvgIpc) is 2.08. The third-order valence-corrected chi connectivity index (χ3v) is 2.05. The predicted molar refractivity (Wildman–Crippen MR) is 48.4 cm³/mol. The fourth-order valence-electron chi connectivity index (χ4n) is 1.13. The van der Waals surface area contributed by atoms with Crippen molar-refractivity contribution in [3.8, 4) is 0 Å². The fraction of sp³-hybridized carbons (Fsp3) is 0.400. The van der Waals surface area contributed by atoms with Crippen LogP contribution in [0, 0.1) is 12.7 Å². The summed E-state index contributed by atoms with van der Waals surface area (Å²) in [5.41, 5.74) is 7.46. The molecular weight excluding hydrogens is 153 g/mol. The van der Waals surface area contributed by atoms with Crippen LogP contribution in [-0.4, -0.2) is 0 Å². The van der Waals surface area contributed by atoms with Gasteiger partial charge in [-0.15, -0.1) is 0 Å². The summed E-state index contributed by atoms with van der Waals surface area (Å²) in [5, 5.41) is 0. The zero-order valence-corrected chi connectivity index (χ0v) is 7.47. The molecule has 0 aromatic heterocycles. The van der Waals surface area contributed by atoms with Crippen molar-refractivity contribution in [2.75, 3.05) is 0 Å². The van der Waals surface area contributed by atoms with Gasteiger partial charge in [-0.3, -0.25) is 0 Å². The molecule has 2 N–H and O–H groups in total. The molecule has 0 aliphatic carbocycles. The third kappa shape index (κ3) is 1.83. The minimum atomic E-state index is -0.165. The van der Waals surface area contributed by atoms with E-state index in [1.807, 2.05) is 13.0 Å². The molecular formula is C10H14FN. The van der Waals surface area contributed by atoms with E-state index in [9.17, 15) is 4.39 Å². The molecule has 0 saturated carbocycles. The van der Waals surface area contributed by atoms with Crippen molar-refractivity contribution in [3.05, 3.63) is 35.1 Å². The molecule has 0 heterocycles. The maximum Gasteiger partial charge on any atom is 0.126 e. The summed E-state index contributed by atoms with van der Waals surface area (Å²) >= 11 is 0. The van der Waals surface area contributed by atoms with Gasteiger partial charge in [0.1, 0.15) is 5.82 Å². The molecule has 2 heteroatoms. The highest BCUT2D eigenvalue weighted by Gasteiger charge is 2.04. The Balaban J connectivity index is 2.96. The van der Waals surface area contributed by atoms with Crippen molar-refractivity contribution < 1.29 is 4.39 Å². The summed E-state index contributed by atoms with van der Waals surface area (Å²) in [6.45, 7) is 3.77. The Morgan fingerprint density at radius 2 is 2.17 bits per heavy atom. The Morgan fingerprint density at radius 1 is 1.50 bits per heavy atom. The van der Waals surface area contributed by atoms with Gasteiger partial charge < -0.3 is 5.73 Å². The number of benzene rings is 1. The van der Waals surface area contributed by atoms with Gasteiger partial charge in [0, 0.05) is 6.04 Å². The van der Waals surface area contributed by atoms with E-state index >= 15 is 0 Å². The summed E-state index contributed by atoms with van der Waals surface area (Å²) in [6, 6.07) is 5.06. The lowest BCUT2D eigenvalue weighted by atomic mass is 10.0. The lowest BCUT2D eigenvalue weighted by Gasteiger charge is -2.09. The molecule has 1 rings (SSSR count). The van der Waals surface area contributed by atoms with Crippen molar-refractivity contribution >= 4 is 0 Å². The van der Waals surface area contributed by atoms with Gasteiger partial charge in [-0.2, -0.15) is 0 Å². The van der Waals surface area contributed by atoms with Crippen LogP contribution in [0.4, 0.5) is 4.39 Å². The second-order valence-corrected chi connectivity index (χ2v) is 3.02. The summed E-state index contributed by atoms with van der Waals surface area (Å²) in [5.74, 6) is -0.165. The summed E-state index contributed by atoms with van der Waals surface area (Å²) in [6.07, 6.45) is 0.880. The SMILES string of the molecule is CC[C@H](N)c1ccc(F)c(C)c1. The molecule has 0 aliphatic rings. The zero-order chi connectivity index (χ0) is 9.14. The first-order valence-electron chi connectivity index (χ1n) is 4.16. The second kappa shape index (κ2) is 3.68. The highest BCUT2D eigenvalue weighted by atomic mass is 19.1. The van der Waals surface area contributed by atoms with Crippen LogP contribution in [0.1, 0.15) is 30.5 Å². The number of hydrogen-bond donors (Lipinski definition) is 1. The van der Waals surface area contributed by atoms with E-state index in [-0.39, 0.29) is 11.9 Å². The number of halogens is 1. The summed E-state index contributed by atoms with van der Waals surface area (Å²) < 4.78 is 12.8. The topological polar surface area (TPSA) is 26.0 Å². The molecule has 1 aromatic rings. The van der Waals surface area contributed by atoms with E-state index in [4.69, 9.17) is 5.73 Å². The molecule has 1 atom stereocenters. The van der Waals surface area contributed by atoms with Crippen LogP contribution in [-0.2, 0) is 0 Å². The van der Waals surface area contributed by atoms with Gasteiger partial charge in [0.15, 0.2) is 0 Å². The van der Waals surface area contributed by atoms with Crippen molar-refractivity contribution in [2.24, 2.45) is 5.73 Å². The highest BCUT2D eigenvalue weighted by Crippen LogP contribution is 2.16. The Bertz CT molecular complexity index is 271. The minimum absolute atomic E-state index is 0.0318. The Kier molecular flexibility index (Phi) is 2.82. The average molecular weight is 167 g/mol.